The van der Waals surface area contributed by atoms with Crippen molar-refractivity contribution >= 4 is 5.91 Å². The molecule has 1 atom stereocenters. The molecule has 0 saturated carbocycles. The number of hydrogen-bond acceptors (Lipinski definition) is 2. The highest BCUT2D eigenvalue weighted by Gasteiger charge is 2.19. The van der Waals surface area contributed by atoms with Crippen molar-refractivity contribution in [2.75, 3.05) is 20.1 Å². The van der Waals surface area contributed by atoms with Crippen molar-refractivity contribution in [2.24, 2.45) is 0 Å². The van der Waals surface area contributed by atoms with Gasteiger partial charge >= 0.3 is 0 Å². The first kappa shape index (κ1) is 17.0. The standard InChI is InChI=1S/C19H30N2O/c1-16-8-10-17(11-9-16)6-5-14-20-19(22)13-12-18-7-3-4-15-21(18)2/h8-11,18H,3-7,12-15H2,1-2H3,(H,20,22). The molecule has 1 N–H and O–H groups in total. The summed E-state index contributed by atoms with van der Waals surface area (Å²) in [6.45, 7) is 4.07. The number of amides is 1. The van der Waals surface area contributed by atoms with Crippen molar-refractivity contribution in [3.05, 3.63) is 35.4 Å². The number of carbonyl (C=O) groups excluding carboxylic acids is 1. The van der Waals surface area contributed by atoms with Crippen LogP contribution in [0.1, 0.15) is 49.7 Å². The molecule has 1 heterocycles. The van der Waals surface area contributed by atoms with Crippen LogP contribution in [0.2, 0.25) is 0 Å². The molecule has 22 heavy (non-hydrogen) atoms. The van der Waals surface area contributed by atoms with Crippen LogP contribution in [0.5, 0.6) is 0 Å². The monoisotopic (exact) mass is 302 g/mol. The van der Waals surface area contributed by atoms with Gasteiger partial charge in [0.05, 0.1) is 0 Å². The first-order valence-electron chi connectivity index (χ1n) is 8.67. The molecule has 1 aliphatic rings. The molecule has 1 unspecified atom stereocenters. The molecule has 1 aromatic carbocycles. The Kier molecular flexibility index (Phi) is 6.91. The summed E-state index contributed by atoms with van der Waals surface area (Å²) in [4.78, 5) is 14.3. The number of hydrogen-bond donors (Lipinski definition) is 1. The number of rotatable bonds is 7. The number of benzene rings is 1. The summed E-state index contributed by atoms with van der Waals surface area (Å²) in [5.41, 5.74) is 2.65. The van der Waals surface area contributed by atoms with E-state index in [0.717, 1.165) is 25.8 Å². The Morgan fingerprint density at radius 2 is 2.05 bits per heavy atom. The second-order valence-corrected chi connectivity index (χ2v) is 6.61. The van der Waals surface area contributed by atoms with E-state index >= 15 is 0 Å². The summed E-state index contributed by atoms with van der Waals surface area (Å²) >= 11 is 0. The molecule has 1 amide bonds. The summed E-state index contributed by atoms with van der Waals surface area (Å²) in [6, 6.07) is 9.25. The highest BCUT2D eigenvalue weighted by molar-refractivity contribution is 5.75. The summed E-state index contributed by atoms with van der Waals surface area (Å²) in [5, 5.41) is 3.06. The minimum Gasteiger partial charge on any atom is -0.356 e. The lowest BCUT2D eigenvalue weighted by Crippen LogP contribution is -2.37. The molecule has 122 valence electrons. The Balaban J connectivity index is 1.56. The maximum Gasteiger partial charge on any atom is 0.220 e. The second-order valence-electron chi connectivity index (χ2n) is 6.61. The van der Waals surface area contributed by atoms with E-state index in [-0.39, 0.29) is 5.91 Å². The van der Waals surface area contributed by atoms with Crippen molar-refractivity contribution in [2.45, 2.75) is 57.9 Å². The van der Waals surface area contributed by atoms with Crippen LogP contribution in [0.3, 0.4) is 0 Å². The van der Waals surface area contributed by atoms with Crippen LogP contribution in [0.15, 0.2) is 24.3 Å². The SMILES string of the molecule is Cc1ccc(CCCNC(=O)CCC2CCCCN2C)cc1. The Morgan fingerprint density at radius 3 is 2.77 bits per heavy atom. The number of nitrogens with one attached hydrogen (secondary N) is 1. The maximum absolute atomic E-state index is 11.9. The quantitative estimate of drug-likeness (QED) is 0.784. The molecule has 3 nitrogen and oxygen atoms in total. The van der Waals surface area contributed by atoms with Crippen molar-refractivity contribution < 1.29 is 4.79 Å². The van der Waals surface area contributed by atoms with Crippen molar-refractivity contribution in [3.63, 3.8) is 0 Å². The van der Waals surface area contributed by atoms with Crippen molar-refractivity contribution in [1.82, 2.24) is 10.2 Å². The maximum atomic E-state index is 11.9. The summed E-state index contributed by atoms with van der Waals surface area (Å²) < 4.78 is 0. The molecule has 0 aliphatic carbocycles. The van der Waals surface area contributed by atoms with Gasteiger partial charge in [-0.25, -0.2) is 0 Å². The minimum absolute atomic E-state index is 0.211. The molecule has 3 heteroatoms. The molecule has 0 spiro atoms. The zero-order valence-electron chi connectivity index (χ0n) is 14.1. The van der Waals surface area contributed by atoms with Gasteiger partial charge in [0, 0.05) is 19.0 Å². The molecule has 0 aromatic heterocycles. The van der Waals surface area contributed by atoms with Crippen LogP contribution < -0.4 is 5.32 Å². The molecule has 1 aliphatic heterocycles. The lowest BCUT2D eigenvalue weighted by Gasteiger charge is -2.32. The van der Waals surface area contributed by atoms with Gasteiger partial charge in [-0.05, 0) is 58.2 Å². The first-order chi connectivity index (χ1) is 10.6. The fourth-order valence-corrected chi connectivity index (χ4v) is 3.17. The normalized spacial score (nSPS) is 19.1. The molecule has 0 bridgehead atoms. The number of aryl methyl sites for hydroxylation is 2. The fourth-order valence-electron chi connectivity index (χ4n) is 3.17. The van der Waals surface area contributed by atoms with Gasteiger partial charge in [0.1, 0.15) is 0 Å². The number of carbonyl (C=O) groups is 1. The van der Waals surface area contributed by atoms with E-state index in [9.17, 15) is 4.79 Å². The third kappa shape index (κ3) is 5.80. The first-order valence-corrected chi connectivity index (χ1v) is 8.67. The average molecular weight is 302 g/mol. The van der Waals surface area contributed by atoms with Gasteiger partial charge in [0.25, 0.3) is 0 Å². The summed E-state index contributed by atoms with van der Waals surface area (Å²) in [7, 11) is 2.18. The van der Waals surface area contributed by atoms with E-state index < -0.39 is 0 Å². The van der Waals surface area contributed by atoms with Gasteiger partial charge in [0.2, 0.25) is 5.91 Å². The minimum atomic E-state index is 0.211. The van der Waals surface area contributed by atoms with Crippen LogP contribution >= 0.6 is 0 Å². The molecule has 1 aromatic rings. The number of piperidine rings is 1. The zero-order chi connectivity index (χ0) is 15.8. The number of nitrogens with zero attached hydrogens (tertiary/aromatic N) is 1. The van der Waals surface area contributed by atoms with E-state index in [4.69, 9.17) is 0 Å². The average Bonchev–Trinajstić information content (AvgIpc) is 2.52. The largest absolute Gasteiger partial charge is 0.356 e. The van der Waals surface area contributed by atoms with E-state index in [0.29, 0.717) is 12.5 Å². The summed E-state index contributed by atoms with van der Waals surface area (Å²) in [5.74, 6) is 0.211. The third-order valence-corrected chi connectivity index (χ3v) is 4.71. The highest BCUT2D eigenvalue weighted by Crippen LogP contribution is 2.18. The van der Waals surface area contributed by atoms with E-state index in [1.807, 2.05) is 0 Å². The van der Waals surface area contributed by atoms with Crippen LogP contribution in [0.4, 0.5) is 0 Å². The van der Waals surface area contributed by atoms with Gasteiger partial charge < -0.3 is 10.2 Å². The molecule has 2 rings (SSSR count). The van der Waals surface area contributed by atoms with Gasteiger partial charge in [0.15, 0.2) is 0 Å². The van der Waals surface area contributed by atoms with Crippen LogP contribution in [-0.4, -0.2) is 37.0 Å². The Bertz CT molecular complexity index is 455. The topological polar surface area (TPSA) is 32.3 Å². The molecule has 1 saturated heterocycles. The smallest absolute Gasteiger partial charge is 0.220 e. The van der Waals surface area contributed by atoms with Crippen LogP contribution in [0.25, 0.3) is 0 Å². The van der Waals surface area contributed by atoms with Gasteiger partial charge in [-0.1, -0.05) is 36.2 Å². The van der Waals surface area contributed by atoms with Crippen LogP contribution in [0, 0.1) is 6.92 Å². The van der Waals surface area contributed by atoms with Crippen molar-refractivity contribution in [3.8, 4) is 0 Å². The van der Waals surface area contributed by atoms with Gasteiger partial charge in [-0.3, -0.25) is 4.79 Å². The molecule has 0 radical (unpaired) electrons. The van der Waals surface area contributed by atoms with E-state index in [1.165, 1.54) is 36.9 Å². The Labute approximate surface area is 135 Å². The predicted molar refractivity (Wildman–Crippen MR) is 92.0 cm³/mol. The number of likely N-dealkylation sites (tertiary alicyclic amines) is 1. The highest BCUT2D eigenvalue weighted by atomic mass is 16.1. The van der Waals surface area contributed by atoms with Gasteiger partial charge in [-0.2, -0.15) is 0 Å². The molecular weight excluding hydrogens is 272 g/mol. The second kappa shape index (κ2) is 8.94. The van der Waals surface area contributed by atoms with Crippen molar-refractivity contribution in [1.29, 1.82) is 0 Å². The Hall–Kier alpha value is -1.35. The lowest BCUT2D eigenvalue weighted by atomic mass is 9.98. The summed E-state index contributed by atoms with van der Waals surface area (Å²) in [6.07, 6.45) is 7.58. The van der Waals surface area contributed by atoms with Gasteiger partial charge in [-0.15, -0.1) is 0 Å². The molecular formula is C19H30N2O. The Morgan fingerprint density at radius 1 is 1.27 bits per heavy atom. The lowest BCUT2D eigenvalue weighted by molar-refractivity contribution is -0.121. The van der Waals surface area contributed by atoms with E-state index in [2.05, 4.69) is 48.5 Å². The predicted octanol–water partition coefficient (Wildman–Crippen LogP) is 3.31. The third-order valence-electron chi connectivity index (χ3n) is 4.71. The zero-order valence-corrected chi connectivity index (χ0v) is 14.1. The van der Waals surface area contributed by atoms with Crippen LogP contribution in [-0.2, 0) is 11.2 Å². The fraction of sp³-hybridized carbons (Fsp3) is 0.632. The van der Waals surface area contributed by atoms with E-state index in [1.54, 1.807) is 0 Å². The molecule has 1 fully saturated rings.